The number of carboxylic acid groups (broad SMARTS) is 1. The van der Waals surface area contributed by atoms with Crippen molar-refractivity contribution in [2.75, 3.05) is 0 Å². The number of carboxylic acids is 1. The minimum atomic E-state index is -0.826. The SMILES string of the molecule is C[C@H](NCc1ccc(C(=O)O)s1)C1CCCCCC1. The molecule has 0 saturated heterocycles. The van der Waals surface area contributed by atoms with E-state index in [0.29, 0.717) is 10.9 Å². The van der Waals surface area contributed by atoms with Crippen molar-refractivity contribution >= 4 is 17.3 Å². The van der Waals surface area contributed by atoms with Crippen molar-refractivity contribution in [1.29, 1.82) is 0 Å². The van der Waals surface area contributed by atoms with Crippen LogP contribution in [-0.2, 0) is 6.54 Å². The number of rotatable bonds is 5. The van der Waals surface area contributed by atoms with Crippen LogP contribution in [0.3, 0.4) is 0 Å². The molecule has 1 atom stereocenters. The van der Waals surface area contributed by atoms with E-state index >= 15 is 0 Å². The van der Waals surface area contributed by atoms with Crippen molar-refractivity contribution in [1.82, 2.24) is 5.32 Å². The molecule has 0 aromatic carbocycles. The monoisotopic (exact) mass is 281 g/mol. The summed E-state index contributed by atoms with van der Waals surface area (Å²) in [6.07, 6.45) is 8.15. The summed E-state index contributed by atoms with van der Waals surface area (Å²) in [7, 11) is 0. The van der Waals surface area contributed by atoms with Crippen LogP contribution in [0.5, 0.6) is 0 Å². The predicted molar refractivity (Wildman–Crippen MR) is 78.8 cm³/mol. The van der Waals surface area contributed by atoms with Crippen molar-refractivity contribution in [3.63, 3.8) is 0 Å². The van der Waals surface area contributed by atoms with Gasteiger partial charge in [-0.2, -0.15) is 0 Å². The van der Waals surface area contributed by atoms with E-state index in [9.17, 15) is 4.79 Å². The Morgan fingerprint density at radius 1 is 1.37 bits per heavy atom. The molecule has 2 rings (SSSR count). The zero-order chi connectivity index (χ0) is 13.7. The average molecular weight is 281 g/mol. The van der Waals surface area contributed by atoms with E-state index in [-0.39, 0.29) is 0 Å². The van der Waals surface area contributed by atoms with Crippen LogP contribution in [0, 0.1) is 5.92 Å². The Morgan fingerprint density at radius 2 is 2.05 bits per heavy atom. The minimum Gasteiger partial charge on any atom is -0.477 e. The minimum absolute atomic E-state index is 0.430. The molecule has 1 aliphatic rings. The lowest BCUT2D eigenvalue weighted by atomic mass is 9.93. The highest BCUT2D eigenvalue weighted by atomic mass is 32.1. The first-order valence-corrected chi connectivity index (χ1v) is 8.04. The second kappa shape index (κ2) is 7.06. The summed E-state index contributed by atoms with van der Waals surface area (Å²) in [6.45, 7) is 3.05. The first-order chi connectivity index (χ1) is 9.16. The van der Waals surface area contributed by atoms with Gasteiger partial charge in [-0.25, -0.2) is 4.79 Å². The Hall–Kier alpha value is -0.870. The highest BCUT2D eigenvalue weighted by Gasteiger charge is 2.18. The normalized spacial score (nSPS) is 19.0. The Bertz CT molecular complexity index is 408. The first kappa shape index (κ1) is 14.5. The molecule has 0 amide bonds. The number of nitrogens with one attached hydrogen (secondary N) is 1. The fourth-order valence-electron chi connectivity index (χ4n) is 2.83. The molecular formula is C15H23NO2S. The van der Waals surface area contributed by atoms with Gasteiger partial charge in [0.25, 0.3) is 0 Å². The molecule has 0 bridgehead atoms. The fraction of sp³-hybridized carbons (Fsp3) is 0.667. The zero-order valence-corrected chi connectivity index (χ0v) is 12.3. The van der Waals surface area contributed by atoms with Gasteiger partial charge >= 0.3 is 5.97 Å². The lowest BCUT2D eigenvalue weighted by molar-refractivity contribution is 0.0702. The fourth-order valence-corrected chi connectivity index (χ4v) is 3.62. The summed E-state index contributed by atoms with van der Waals surface area (Å²) in [5.74, 6) is -0.0468. The third-order valence-corrected chi connectivity index (χ3v) is 5.15. The zero-order valence-electron chi connectivity index (χ0n) is 11.5. The Morgan fingerprint density at radius 3 is 2.63 bits per heavy atom. The van der Waals surface area contributed by atoms with Gasteiger partial charge in [0.05, 0.1) is 0 Å². The number of thiophene rings is 1. The van der Waals surface area contributed by atoms with Crippen molar-refractivity contribution < 1.29 is 9.90 Å². The highest BCUT2D eigenvalue weighted by molar-refractivity contribution is 7.13. The average Bonchev–Trinajstić information content (AvgIpc) is 2.70. The van der Waals surface area contributed by atoms with E-state index in [1.54, 1.807) is 6.07 Å². The topological polar surface area (TPSA) is 49.3 Å². The van der Waals surface area contributed by atoms with E-state index < -0.39 is 5.97 Å². The van der Waals surface area contributed by atoms with E-state index in [4.69, 9.17) is 5.11 Å². The van der Waals surface area contributed by atoms with Crippen LogP contribution in [0.4, 0.5) is 0 Å². The molecule has 0 spiro atoms. The summed E-state index contributed by atoms with van der Waals surface area (Å²) in [4.78, 5) is 12.4. The number of hydrogen-bond donors (Lipinski definition) is 2. The molecule has 0 unspecified atom stereocenters. The number of aromatic carboxylic acids is 1. The maximum Gasteiger partial charge on any atom is 0.345 e. The number of carbonyl (C=O) groups is 1. The number of hydrogen-bond acceptors (Lipinski definition) is 3. The highest BCUT2D eigenvalue weighted by Crippen LogP contribution is 2.26. The van der Waals surface area contributed by atoms with E-state index in [1.165, 1.54) is 49.9 Å². The molecule has 1 aromatic rings. The van der Waals surface area contributed by atoms with Gasteiger partial charge in [0.1, 0.15) is 4.88 Å². The first-order valence-electron chi connectivity index (χ1n) is 7.22. The van der Waals surface area contributed by atoms with Crippen LogP contribution < -0.4 is 5.32 Å². The molecular weight excluding hydrogens is 258 g/mol. The van der Waals surface area contributed by atoms with E-state index in [2.05, 4.69) is 12.2 Å². The van der Waals surface area contributed by atoms with Crippen molar-refractivity contribution in [2.45, 2.75) is 58.0 Å². The summed E-state index contributed by atoms with van der Waals surface area (Å²) >= 11 is 1.37. The van der Waals surface area contributed by atoms with Crippen LogP contribution in [0.1, 0.15) is 60.0 Å². The molecule has 1 aliphatic carbocycles. The second-order valence-electron chi connectivity index (χ2n) is 5.49. The third kappa shape index (κ3) is 4.32. The van der Waals surface area contributed by atoms with Gasteiger partial charge in [0.2, 0.25) is 0 Å². The van der Waals surface area contributed by atoms with Gasteiger partial charge < -0.3 is 10.4 Å². The second-order valence-corrected chi connectivity index (χ2v) is 6.66. The quantitative estimate of drug-likeness (QED) is 0.805. The summed E-state index contributed by atoms with van der Waals surface area (Å²) < 4.78 is 0. The molecule has 19 heavy (non-hydrogen) atoms. The molecule has 1 saturated carbocycles. The van der Waals surface area contributed by atoms with Crippen molar-refractivity contribution in [3.05, 3.63) is 21.9 Å². The summed E-state index contributed by atoms with van der Waals surface area (Å²) in [5.41, 5.74) is 0. The van der Waals surface area contributed by atoms with Gasteiger partial charge in [-0.1, -0.05) is 25.7 Å². The van der Waals surface area contributed by atoms with E-state index in [0.717, 1.165) is 17.3 Å². The van der Waals surface area contributed by atoms with Gasteiger partial charge in [-0.3, -0.25) is 0 Å². The summed E-state index contributed by atoms with van der Waals surface area (Å²) in [6, 6.07) is 4.13. The lowest BCUT2D eigenvalue weighted by Gasteiger charge is -2.23. The largest absolute Gasteiger partial charge is 0.477 e. The molecule has 1 aromatic heterocycles. The van der Waals surface area contributed by atoms with Crippen LogP contribution in [0.25, 0.3) is 0 Å². The van der Waals surface area contributed by atoms with Crippen molar-refractivity contribution in [2.24, 2.45) is 5.92 Å². The molecule has 2 N–H and O–H groups in total. The van der Waals surface area contributed by atoms with Crippen LogP contribution in [-0.4, -0.2) is 17.1 Å². The smallest absolute Gasteiger partial charge is 0.345 e. The Labute approximate surface area is 119 Å². The van der Waals surface area contributed by atoms with Gasteiger partial charge in [0.15, 0.2) is 0 Å². The van der Waals surface area contributed by atoms with Crippen molar-refractivity contribution in [3.8, 4) is 0 Å². The maximum atomic E-state index is 10.8. The standard InChI is InChI=1S/C15H23NO2S/c1-11(12-6-4-2-3-5-7-12)16-10-13-8-9-14(19-13)15(17)18/h8-9,11-12,16H,2-7,10H2,1H3,(H,17,18)/t11-/m0/s1. The molecule has 0 radical (unpaired) electrons. The molecule has 1 fully saturated rings. The Balaban J connectivity index is 1.81. The Kier molecular flexibility index (Phi) is 5.40. The van der Waals surface area contributed by atoms with E-state index in [1.807, 2.05) is 6.07 Å². The van der Waals surface area contributed by atoms with Crippen LogP contribution in [0.2, 0.25) is 0 Å². The molecule has 1 heterocycles. The molecule has 3 nitrogen and oxygen atoms in total. The maximum absolute atomic E-state index is 10.8. The third-order valence-electron chi connectivity index (χ3n) is 4.08. The van der Waals surface area contributed by atoms with Crippen LogP contribution in [0.15, 0.2) is 12.1 Å². The van der Waals surface area contributed by atoms with Gasteiger partial charge in [-0.15, -0.1) is 11.3 Å². The van der Waals surface area contributed by atoms with Crippen LogP contribution >= 0.6 is 11.3 Å². The van der Waals surface area contributed by atoms with Gasteiger partial charge in [0, 0.05) is 17.5 Å². The molecule has 106 valence electrons. The predicted octanol–water partition coefficient (Wildman–Crippen LogP) is 3.89. The summed E-state index contributed by atoms with van der Waals surface area (Å²) in [5, 5.41) is 12.5. The molecule has 0 aliphatic heterocycles. The van der Waals surface area contributed by atoms with Gasteiger partial charge in [-0.05, 0) is 37.8 Å². The molecule has 4 heteroatoms. The lowest BCUT2D eigenvalue weighted by Crippen LogP contribution is -2.32.